The molecule has 4 aromatic heterocycles. The minimum absolute atomic E-state index is 0.0865. The van der Waals surface area contributed by atoms with Gasteiger partial charge in [-0.25, -0.2) is 19.6 Å². The lowest BCUT2D eigenvalue weighted by molar-refractivity contribution is -0.116. The van der Waals surface area contributed by atoms with Crippen molar-refractivity contribution in [3.63, 3.8) is 0 Å². The Morgan fingerprint density at radius 1 is 0.644 bits per heavy atom. The van der Waals surface area contributed by atoms with Crippen LogP contribution in [0.2, 0.25) is 0 Å². The van der Waals surface area contributed by atoms with Gasteiger partial charge in [0.25, 0.3) is 0 Å². The summed E-state index contributed by atoms with van der Waals surface area (Å²) in [5.74, 6) is 0.0958. The number of amides is 1. The molecule has 2 saturated carbocycles. The van der Waals surface area contributed by atoms with Crippen LogP contribution in [0.5, 0.6) is 0 Å². The zero-order valence-corrected chi connectivity index (χ0v) is 34.0. The molecule has 11 heteroatoms. The van der Waals surface area contributed by atoms with Crippen LogP contribution in [0, 0.1) is 0 Å². The summed E-state index contributed by atoms with van der Waals surface area (Å²) < 4.78 is 14.7. The van der Waals surface area contributed by atoms with Crippen LogP contribution in [-0.4, -0.2) is 56.7 Å². The number of nitrogens with one attached hydrogen (secondary N) is 2. The van der Waals surface area contributed by atoms with Gasteiger partial charge >= 0.3 is 11.9 Å². The molecular weight excluding hydrogens is 741 g/mol. The smallest absolute Gasteiger partial charge is 0.356 e. The maximum Gasteiger partial charge on any atom is 0.356 e. The van der Waals surface area contributed by atoms with Gasteiger partial charge in [-0.1, -0.05) is 74.9 Å². The van der Waals surface area contributed by atoms with Crippen LogP contribution in [0.25, 0.3) is 44.6 Å². The molecule has 0 spiro atoms. The number of anilines is 2. The monoisotopic (exact) mass is 792 g/mol. The lowest BCUT2D eigenvalue weighted by atomic mass is 9.82. The average molecular weight is 793 g/mol. The highest BCUT2D eigenvalue weighted by molar-refractivity contribution is 6.03. The Bertz CT molecular complexity index is 2560. The third-order valence-electron chi connectivity index (χ3n) is 12.5. The molecule has 2 fully saturated rings. The first kappa shape index (κ1) is 38.5. The van der Waals surface area contributed by atoms with Gasteiger partial charge in [-0.05, 0) is 98.9 Å². The Hall–Kier alpha value is -5.97. The number of fused-ring (bicyclic) bond motifs is 10. The number of hydrogen-bond acceptors (Lipinski definition) is 8. The molecule has 0 bridgehead atoms. The standard InChI is InChI=1S/C24H25N3O3.C24H27N3O2/c1-2-30-24(29)19-13-12-17-21(15-8-4-3-5-9-15)22-16-10-6-7-11-18(16)25-20(28)14-27(22)23(17)26-19;1-2-29-24(28)20-13-12-18-21(16-8-4-3-5-9-16)22-17-10-6-7-11-19(17)25-14-15-27(22)23(18)26-20/h6-7,10-13,15H,2-5,8-9,14H2,1H3,(H,25,28);6-7,10-13,16,25H,2-5,8-9,14-15H2,1H3. The molecule has 2 N–H and O–H groups in total. The van der Waals surface area contributed by atoms with Crippen LogP contribution in [0.15, 0.2) is 72.8 Å². The van der Waals surface area contributed by atoms with E-state index in [1.165, 1.54) is 84.8 Å². The van der Waals surface area contributed by atoms with E-state index in [-0.39, 0.29) is 24.1 Å². The van der Waals surface area contributed by atoms with Crippen molar-refractivity contribution in [2.45, 2.75) is 103 Å². The molecule has 0 saturated heterocycles. The Morgan fingerprint density at radius 2 is 1.14 bits per heavy atom. The van der Waals surface area contributed by atoms with E-state index in [1.54, 1.807) is 13.0 Å². The quantitative estimate of drug-likeness (QED) is 0.160. The highest BCUT2D eigenvalue weighted by atomic mass is 16.5. The molecular formula is C48H52N6O5. The molecule has 2 aromatic carbocycles. The number of rotatable bonds is 6. The molecule has 10 rings (SSSR count). The van der Waals surface area contributed by atoms with Crippen LogP contribution < -0.4 is 10.6 Å². The summed E-state index contributed by atoms with van der Waals surface area (Å²) in [6.45, 7) is 6.09. The molecule has 0 unspecified atom stereocenters. The van der Waals surface area contributed by atoms with Crippen molar-refractivity contribution in [2.75, 3.05) is 30.4 Å². The van der Waals surface area contributed by atoms with Crippen molar-refractivity contribution in [2.24, 2.45) is 0 Å². The largest absolute Gasteiger partial charge is 0.461 e. The van der Waals surface area contributed by atoms with Crippen LogP contribution in [0.1, 0.15) is 122 Å². The van der Waals surface area contributed by atoms with E-state index >= 15 is 0 Å². The van der Waals surface area contributed by atoms with Gasteiger partial charge in [0, 0.05) is 40.7 Å². The average Bonchev–Trinajstić information content (AvgIpc) is 3.61. The third-order valence-corrected chi connectivity index (χ3v) is 12.5. The first-order valence-electron chi connectivity index (χ1n) is 21.6. The fraction of sp³-hybridized carbons (Fsp3) is 0.396. The van der Waals surface area contributed by atoms with E-state index in [9.17, 15) is 14.4 Å². The first-order valence-corrected chi connectivity index (χ1v) is 21.6. The second-order valence-electron chi connectivity index (χ2n) is 16.1. The van der Waals surface area contributed by atoms with E-state index in [2.05, 4.69) is 56.6 Å². The van der Waals surface area contributed by atoms with Crippen molar-refractivity contribution < 1.29 is 23.9 Å². The van der Waals surface area contributed by atoms with E-state index in [4.69, 9.17) is 14.5 Å². The molecule has 304 valence electrons. The molecule has 2 aliphatic carbocycles. The zero-order valence-electron chi connectivity index (χ0n) is 34.0. The summed E-state index contributed by atoms with van der Waals surface area (Å²) in [5, 5.41) is 8.83. The van der Waals surface area contributed by atoms with Crippen LogP contribution in [0.4, 0.5) is 11.4 Å². The SMILES string of the molecule is CCOC(=O)c1ccc2c(C3CCCCC3)c3n(c2n1)CC(=O)Nc1ccccc1-3.CCOC(=O)c1ccc2c(C3CCCCC3)c3n(c2n1)CCNc1ccccc1-3. The molecule has 2 aliphatic heterocycles. The Morgan fingerprint density at radius 3 is 1.69 bits per heavy atom. The highest BCUT2D eigenvalue weighted by Crippen LogP contribution is 2.48. The van der Waals surface area contributed by atoms with Crippen LogP contribution in [-0.2, 0) is 27.4 Å². The first-order chi connectivity index (χ1) is 28.9. The molecule has 59 heavy (non-hydrogen) atoms. The number of para-hydroxylation sites is 2. The van der Waals surface area contributed by atoms with Gasteiger partial charge in [0.15, 0.2) is 11.4 Å². The van der Waals surface area contributed by atoms with E-state index in [0.717, 1.165) is 53.9 Å². The number of esters is 2. The number of benzene rings is 2. The summed E-state index contributed by atoms with van der Waals surface area (Å²) in [6.07, 6.45) is 12.3. The minimum Gasteiger partial charge on any atom is -0.461 e. The van der Waals surface area contributed by atoms with Crippen molar-refractivity contribution in [3.8, 4) is 22.5 Å². The fourth-order valence-electron chi connectivity index (χ4n) is 9.96. The van der Waals surface area contributed by atoms with Gasteiger partial charge < -0.3 is 29.2 Å². The van der Waals surface area contributed by atoms with E-state index in [1.807, 2.05) is 41.8 Å². The highest BCUT2D eigenvalue weighted by Gasteiger charge is 2.32. The summed E-state index contributed by atoms with van der Waals surface area (Å²) in [6, 6.07) is 24.2. The van der Waals surface area contributed by atoms with Crippen LogP contribution >= 0.6 is 0 Å². The number of aromatic nitrogens is 4. The minimum atomic E-state index is -0.437. The van der Waals surface area contributed by atoms with Gasteiger partial charge in [-0.3, -0.25) is 4.79 Å². The van der Waals surface area contributed by atoms with Crippen molar-refractivity contribution >= 4 is 51.3 Å². The summed E-state index contributed by atoms with van der Waals surface area (Å²) in [4.78, 5) is 46.8. The number of ether oxygens (including phenoxy) is 2. The molecule has 0 atom stereocenters. The van der Waals surface area contributed by atoms with Crippen molar-refractivity contribution in [1.82, 2.24) is 19.1 Å². The van der Waals surface area contributed by atoms with Crippen molar-refractivity contribution in [1.29, 1.82) is 0 Å². The molecule has 0 radical (unpaired) electrons. The summed E-state index contributed by atoms with van der Waals surface area (Å²) >= 11 is 0. The van der Waals surface area contributed by atoms with Gasteiger partial charge in [0.2, 0.25) is 5.91 Å². The second-order valence-corrected chi connectivity index (χ2v) is 16.1. The number of nitrogens with zero attached hydrogens (tertiary/aromatic N) is 4. The molecule has 11 nitrogen and oxygen atoms in total. The number of carbonyl (C=O) groups is 3. The lowest BCUT2D eigenvalue weighted by Crippen LogP contribution is -2.17. The summed E-state index contributed by atoms with van der Waals surface area (Å²) in [5.41, 5.74) is 11.5. The Labute approximate surface area is 344 Å². The third kappa shape index (κ3) is 7.25. The Kier molecular flexibility index (Phi) is 10.9. The van der Waals surface area contributed by atoms with E-state index < -0.39 is 5.97 Å². The maximum absolute atomic E-state index is 12.7. The number of pyridine rings is 2. The van der Waals surface area contributed by atoms with Crippen LogP contribution in [0.3, 0.4) is 0 Å². The van der Waals surface area contributed by atoms with E-state index in [0.29, 0.717) is 36.4 Å². The molecule has 6 heterocycles. The van der Waals surface area contributed by atoms with Gasteiger partial charge in [-0.2, -0.15) is 0 Å². The predicted octanol–water partition coefficient (Wildman–Crippen LogP) is 10.2. The fourth-order valence-corrected chi connectivity index (χ4v) is 9.96. The zero-order chi connectivity index (χ0) is 40.5. The topological polar surface area (TPSA) is 129 Å². The van der Waals surface area contributed by atoms with Gasteiger partial charge in [-0.15, -0.1) is 0 Å². The van der Waals surface area contributed by atoms with Crippen molar-refractivity contribution in [3.05, 3.63) is 95.3 Å². The maximum atomic E-state index is 12.7. The predicted molar refractivity (Wildman–Crippen MR) is 231 cm³/mol. The van der Waals surface area contributed by atoms with Gasteiger partial charge in [0.1, 0.15) is 17.8 Å². The molecule has 6 aromatic rings. The normalized spacial score (nSPS) is 16.5. The Balaban J connectivity index is 0.000000152. The number of carbonyl (C=O) groups excluding carboxylic acids is 3. The molecule has 1 amide bonds. The van der Waals surface area contributed by atoms with Gasteiger partial charge in [0.05, 0.1) is 30.3 Å². The number of hydrogen-bond donors (Lipinski definition) is 2. The lowest BCUT2D eigenvalue weighted by Gasteiger charge is -2.23. The second kappa shape index (κ2) is 16.7. The molecule has 4 aliphatic rings. The summed E-state index contributed by atoms with van der Waals surface area (Å²) in [7, 11) is 0.